The van der Waals surface area contributed by atoms with Crippen LogP contribution in [0.1, 0.15) is 19.4 Å². The van der Waals surface area contributed by atoms with E-state index < -0.39 is 0 Å². The fraction of sp³-hybridized carbons (Fsp3) is 0.278. The van der Waals surface area contributed by atoms with Crippen molar-refractivity contribution in [3.63, 3.8) is 0 Å². The van der Waals surface area contributed by atoms with Crippen molar-refractivity contribution >= 4 is 23.0 Å². The molecule has 0 radical (unpaired) electrons. The standard InChI is InChI=1S/C18H20N2O2S/c1-13(2)20(15-6-4-3-5-7-15)18(23)19-11-14-8-9-16-17(10-14)22-12-21-16/h3-10,13H,11-12H2,1-2H3,(H,19,23). The summed E-state index contributed by atoms with van der Waals surface area (Å²) in [4.78, 5) is 2.11. The van der Waals surface area contributed by atoms with E-state index in [9.17, 15) is 0 Å². The Morgan fingerprint density at radius 3 is 2.61 bits per heavy atom. The molecule has 2 aromatic carbocycles. The van der Waals surface area contributed by atoms with Gasteiger partial charge in [-0.1, -0.05) is 24.3 Å². The molecule has 0 atom stereocenters. The lowest BCUT2D eigenvalue weighted by molar-refractivity contribution is 0.174. The Hall–Kier alpha value is -2.27. The van der Waals surface area contributed by atoms with E-state index in [2.05, 4.69) is 36.2 Å². The van der Waals surface area contributed by atoms with Crippen molar-refractivity contribution in [2.24, 2.45) is 0 Å². The zero-order valence-corrected chi connectivity index (χ0v) is 14.1. The lowest BCUT2D eigenvalue weighted by Gasteiger charge is -2.29. The maximum atomic E-state index is 5.59. The summed E-state index contributed by atoms with van der Waals surface area (Å²) in [5.74, 6) is 1.59. The molecule has 0 saturated carbocycles. The maximum absolute atomic E-state index is 5.59. The molecule has 0 amide bonds. The Bertz CT molecular complexity index is 689. The molecule has 0 fully saturated rings. The average molecular weight is 328 g/mol. The highest BCUT2D eigenvalue weighted by Crippen LogP contribution is 2.32. The van der Waals surface area contributed by atoms with Gasteiger partial charge in [0.2, 0.25) is 6.79 Å². The van der Waals surface area contributed by atoms with Gasteiger partial charge in [-0.3, -0.25) is 0 Å². The van der Waals surface area contributed by atoms with E-state index in [-0.39, 0.29) is 6.04 Å². The van der Waals surface area contributed by atoms with Crippen molar-refractivity contribution in [2.75, 3.05) is 11.7 Å². The van der Waals surface area contributed by atoms with E-state index >= 15 is 0 Å². The van der Waals surface area contributed by atoms with Gasteiger partial charge in [0.05, 0.1) is 0 Å². The second-order valence-electron chi connectivity index (χ2n) is 5.65. The lowest BCUT2D eigenvalue weighted by Crippen LogP contribution is -2.43. The van der Waals surface area contributed by atoms with E-state index in [0.29, 0.717) is 18.5 Å². The number of nitrogens with one attached hydrogen (secondary N) is 1. The minimum absolute atomic E-state index is 0.272. The molecule has 1 heterocycles. The predicted molar refractivity (Wildman–Crippen MR) is 96.1 cm³/mol. The van der Waals surface area contributed by atoms with Gasteiger partial charge in [-0.2, -0.15) is 0 Å². The normalized spacial score (nSPS) is 12.3. The van der Waals surface area contributed by atoms with Gasteiger partial charge in [0.25, 0.3) is 0 Å². The molecule has 5 heteroatoms. The van der Waals surface area contributed by atoms with E-state index in [4.69, 9.17) is 21.7 Å². The number of para-hydroxylation sites is 1. The smallest absolute Gasteiger partial charge is 0.231 e. The number of ether oxygens (including phenoxy) is 2. The monoisotopic (exact) mass is 328 g/mol. The van der Waals surface area contributed by atoms with Crippen molar-refractivity contribution in [2.45, 2.75) is 26.4 Å². The van der Waals surface area contributed by atoms with Crippen LogP contribution in [0, 0.1) is 0 Å². The van der Waals surface area contributed by atoms with Crippen LogP contribution < -0.4 is 19.7 Å². The fourth-order valence-electron chi connectivity index (χ4n) is 2.55. The highest BCUT2D eigenvalue weighted by atomic mass is 32.1. The summed E-state index contributed by atoms with van der Waals surface area (Å²) >= 11 is 5.59. The van der Waals surface area contributed by atoms with Crippen LogP contribution in [0.4, 0.5) is 5.69 Å². The van der Waals surface area contributed by atoms with Crippen LogP contribution in [0.5, 0.6) is 11.5 Å². The Morgan fingerprint density at radius 1 is 1.13 bits per heavy atom. The van der Waals surface area contributed by atoms with Gasteiger partial charge in [-0.15, -0.1) is 0 Å². The number of fused-ring (bicyclic) bond motifs is 1. The van der Waals surface area contributed by atoms with Gasteiger partial charge in [-0.05, 0) is 55.9 Å². The average Bonchev–Trinajstić information content (AvgIpc) is 3.01. The summed E-state index contributed by atoms with van der Waals surface area (Å²) in [6.45, 7) is 5.19. The summed E-state index contributed by atoms with van der Waals surface area (Å²) in [7, 11) is 0. The molecule has 1 N–H and O–H groups in total. The number of nitrogens with zero attached hydrogens (tertiary/aromatic N) is 1. The van der Waals surface area contributed by atoms with Crippen LogP contribution in [0.15, 0.2) is 48.5 Å². The largest absolute Gasteiger partial charge is 0.454 e. The van der Waals surface area contributed by atoms with Crippen molar-refractivity contribution in [1.29, 1.82) is 0 Å². The van der Waals surface area contributed by atoms with Crippen LogP contribution in [-0.2, 0) is 6.54 Å². The molecule has 0 aliphatic carbocycles. The molecule has 23 heavy (non-hydrogen) atoms. The molecular formula is C18H20N2O2S. The first-order valence-electron chi connectivity index (χ1n) is 7.66. The number of anilines is 1. The summed E-state index contributed by atoms with van der Waals surface area (Å²) in [5, 5.41) is 4.04. The molecule has 3 rings (SSSR count). The van der Waals surface area contributed by atoms with E-state index in [0.717, 1.165) is 22.7 Å². The summed E-state index contributed by atoms with van der Waals surface area (Å²) in [5.41, 5.74) is 2.19. The second-order valence-corrected chi connectivity index (χ2v) is 6.03. The first-order valence-corrected chi connectivity index (χ1v) is 8.06. The second kappa shape index (κ2) is 6.87. The molecule has 1 aliphatic rings. The molecule has 0 unspecified atom stereocenters. The number of hydrogen-bond acceptors (Lipinski definition) is 3. The SMILES string of the molecule is CC(C)N(C(=S)NCc1ccc2c(c1)OCO2)c1ccccc1. The highest BCUT2D eigenvalue weighted by Gasteiger charge is 2.16. The molecule has 0 spiro atoms. The third-order valence-corrected chi connectivity index (χ3v) is 3.99. The van der Waals surface area contributed by atoms with Crippen LogP contribution in [0.2, 0.25) is 0 Å². The molecule has 2 aromatic rings. The Balaban J connectivity index is 1.68. The van der Waals surface area contributed by atoms with E-state index in [1.54, 1.807) is 0 Å². The number of rotatable bonds is 4. The van der Waals surface area contributed by atoms with Gasteiger partial charge in [0, 0.05) is 18.3 Å². The van der Waals surface area contributed by atoms with Crippen LogP contribution in [0.3, 0.4) is 0 Å². The first-order chi connectivity index (χ1) is 11.1. The van der Waals surface area contributed by atoms with E-state index in [1.807, 2.05) is 36.4 Å². The van der Waals surface area contributed by atoms with Crippen molar-refractivity contribution in [1.82, 2.24) is 5.32 Å². The van der Waals surface area contributed by atoms with Crippen molar-refractivity contribution in [3.8, 4) is 11.5 Å². The molecule has 0 aromatic heterocycles. The topological polar surface area (TPSA) is 33.7 Å². The molecule has 0 saturated heterocycles. The Kier molecular flexibility index (Phi) is 4.67. The zero-order valence-electron chi connectivity index (χ0n) is 13.3. The molecule has 0 bridgehead atoms. The third-order valence-electron chi connectivity index (χ3n) is 3.65. The van der Waals surface area contributed by atoms with Crippen molar-refractivity contribution < 1.29 is 9.47 Å². The van der Waals surface area contributed by atoms with Gasteiger partial charge >= 0.3 is 0 Å². The fourth-order valence-corrected chi connectivity index (χ4v) is 2.94. The molecule has 1 aliphatic heterocycles. The van der Waals surface area contributed by atoms with Crippen LogP contribution >= 0.6 is 12.2 Å². The first kappa shape index (κ1) is 15.6. The highest BCUT2D eigenvalue weighted by molar-refractivity contribution is 7.80. The van der Waals surface area contributed by atoms with Gasteiger partial charge in [-0.25, -0.2) is 0 Å². The van der Waals surface area contributed by atoms with Gasteiger partial charge in [0.1, 0.15) is 0 Å². The number of thiocarbonyl (C=S) groups is 1. The van der Waals surface area contributed by atoms with Crippen LogP contribution in [0.25, 0.3) is 0 Å². The molecule has 4 nitrogen and oxygen atoms in total. The minimum Gasteiger partial charge on any atom is -0.454 e. The molecular weight excluding hydrogens is 308 g/mol. The number of hydrogen-bond donors (Lipinski definition) is 1. The quantitative estimate of drug-likeness (QED) is 0.866. The number of benzene rings is 2. The Labute approximate surface area is 142 Å². The summed E-state index contributed by atoms with van der Waals surface area (Å²) < 4.78 is 10.7. The Morgan fingerprint density at radius 2 is 1.87 bits per heavy atom. The summed E-state index contributed by atoms with van der Waals surface area (Å²) in [6.07, 6.45) is 0. The van der Waals surface area contributed by atoms with Crippen molar-refractivity contribution in [3.05, 3.63) is 54.1 Å². The summed E-state index contributed by atoms with van der Waals surface area (Å²) in [6, 6.07) is 16.4. The molecule has 120 valence electrons. The minimum atomic E-state index is 0.272. The van der Waals surface area contributed by atoms with Gasteiger partial charge in [0.15, 0.2) is 16.6 Å². The maximum Gasteiger partial charge on any atom is 0.231 e. The van der Waals surface area contributed by atoms with E-state index in [1.165, 1.54) is 0 Å². The lowest BCUT2D eigenvalue weighted by atomic mass is 10.2. The predicted octanol–water partition coefficient (Wildman–Crippen LogP) is 3.70. The van der Waals surface area contributed by atoms with Crippen LogP contribution in [-0.4, -0.2) is 17.9 Å². The van der Waals surface area contributed by atoms with Gasteiger partial charge < -0.3 is 19.7 Å². The zero-order chi connectivity index (χ0) is 16.2. The third kappa shape index (κ3) is 3.56.